The van der Waals surface area contributed by atoms with Crippen molar-refractivity contribution >= 4 is 33.5 Å². The van der Waals surface area contributed by atoms with Crippen molar-refractivity contribution in [3.63, 3.8) is 0 Å². The van der Waals surface area contributed by atoms with Gasteiger partial charge in [-0.2, -0.15) is 0 Å². The topological polar surface area (TPSA) is 55.4 Å². The molecule has 0 saturated heterocycles. The van der Waals surface area contributed by atoms with Gasteiger partial charge in [0.15, 0.2) is 6.61 Å². The smallest absolute Gasteiger partial charge is 0.310 e. The van der Waals surface area contributed by atoms with Crippen LogP contribution < -0.4 is 5.32 Å². The standard InChI is InChI=1S/C17H15BrFNO3/c1-11-7-14(5-6-15(11)18)20-16(21)10-23-17(22)9-12-3-2-4-13(19)8-12/h2-8H,9-10H2,1H3,(H,20,21). The monoisotopic (exact) mass is 379 g/mol. The van der Waals surface area contributed by atoms with Gasteiger partial charge in [-0.1, -0.05) is 28.1 Å². The molecule has 0 aliphatic heterocycles. The molecule has 2 rings (SSSR count). The fraction of sp³-hybridized carbons (Fsp3) is 0.176. The molecule has 0 aliphatic carbocycles. The molecule has 2 aromatic carbocycles. The highest BCUT2D eigenvalue weighted by Crippen LogP contribution is 2.19. The number of carbonyl (C=O) groups excluding carboxylic acids is 2. The number of rotatable bonds is 5. The Balaban J connectivity index is 1.81. The predicted octanol–water partition coefficient (Wildman–Crippen LogP) is 3.62. The van der Waals surface area contributed by atoms with E-state index in [0.29, 0.717) is 11.3 Å². The lowest BCUT2D eigenvalue weighted by atomic mass is 10.1. The van der Waals surface area contributed by atoms with Crippen LogP contribution in [0.15, 0.2) is 46.9 Å². The molecule has 0 aromatic heterocycles. The predicted molar refractivity (Wildman–Crippen MR) is 88.6 cm³/mol. The number of esters is 1. The Bertz CT molecular complexity index is 734. The van der Waals surface area contributed by atoms with Gasteiger partial charge in [0.05, 0.1) is 6.42 Å². The van der Waals surface area contributed by atoms with Gasteiger partial charge in [-0.15, -0.1) is 0 Å². The Kier molecular flexibility index (Phi) is 5.87. The minimum Gasteiger partial charge on any atom is -0.455 e. The van der Waals surface area contributed by atoms with Crippen LogP contribution in [0.1, 0.15) is 11.1 Å². The lowest BCUT2D eigenvalue weighted by Crippen LogP contribution is -2.21. The van der Waals surface area contributed by atoms with Crippen molar-refractivity contribution in [1.82, 2.24) is 0 Å². The molecule has 0 unspecified atom stereocenters. The van der Waals surface area contributed by atoms with Gasteiger partial charge >= 0.3 is 5.97 Å². The third kappa shape index (κ3) is 5.49. The van der Waals surface area contributed by atoms with Gasteiger partial charge in [0.25, 0.3) is 5.91 Å². The van der Waals surface area contributed by atoms with Crippen LogP contribution in [-0.2, 0) is 20.7 Å². The maximum absolute atomic E-state index is 13.0. The molecule has 0 heterocycles. The van der Waals surface area contributed by atoms with Crippen LogP contribution in [0.25, 0.3) is 0 Å². The van der Waals surface area contributed by atoms with Crippen molar-refractivity contribution in [1.29, 1.82) is 0 Å². The third-order valence-electron chi connectivity index (χ3n) is 3.04. The minimum atomic E-state index is -0.585. The largest absolute Gasteiger partial charge is 0.455 e. The highest BCUT2D eigenvalue weighted by molar-refractivity contribution is 9.10. The molecule has 0 atom stereocenters. The van der Waals surface area contributed by atoms with E-state index in [1.165, 1.54) is 18.2 Å². The van der Waals surface area contributed by atoms with E-state index < -0.39 is 17.7 Å². The number of benzene rings is 2. The van der Waals surface area contributed by atoms with E-state index in [9.17, 15) is 14.0 Å². The van der Waals surface area contributed by atoms with E-state index in [1.54, 1.807) is 18.2 Å². The summed E-state index contributed by atoms with van der Waals surface area (Å²) in [6, 6.07) is 11.0. The molecule has 6 heteroatoms. The summed E-state index contributed by atoms with van der Waals surface area (Å²) in [6.45, 7) is 1.52. The molecule has 0 bridgehead atoms. The summed E-state index contributed by atoms with van der Waals surface area (Å²) < 4.78 is 18.8. The number of amides is 1. The molecule has 1 N–H and O–H groups in total. The van der Waals surface area contributed by atoms with Crippen molar-refractivity contribution in [2.75, 3.05) is 11.9 Å². The first-order valence-corrected chi connectivity index (χ1v) is 7.69. The maximum Gasteiger partial charge on any atom is 0.310 e. The summed E-state index contributed by atoms with van der Waals surface area (Å²) in [4.78, 5) is 23.4. The van der Waals surface area contributed by atoms with Crippen molar-refractivity contribution in [3.05, 3.63) is 63.9 Å². The lowest BCUT2D eigenvalue weighted by molar-refractivity contribution is -0.146. The molecule has 4 nitrogen and oxygen atoms in total. The van der Waals surface area contributed by atoms with Crippen molar-refractivity contribution in [3.8, 4) is 0 Å². The summed E-state index contributed by atoms with van der Waals surface area (Å²) in [5.41, 5.74) is 2.10. The maximum atomic E-state index is 13.0. The number of anilines is 1. The first kappa shape index (κ1) is 17.1. The fourth-order valence-corrected chi connectivity index (χ4v) is 2.18. The first-order valence-electron chi connectivity index (χ1n) is 6.90. The quantitative estimate of drug-likeness (QED) is 0.807. The van der Waals surface area contributed by atoms with Gasteiger partial charge in [0.1, 0.15) is 5.82 Å². The summed E-state index contributed by atoms with van der Waals surface area (Å²) in [6.07, 6.45) is -0.0809. The highest BCUT2D eigenvalue weighted by atomic mass is 79.9. The first-order chi connectivity index (χ1) is 10.9. The average molecular weight is 380 g/mol. The average Bonchev–Trinajstić information content (AvgIpc) is 2.49. The normalized spacial score (nSPS) is 10.2. The Labute approximate surface area is 141 Å². The molecule has 2 aromatic rings. The van der Waals surface area contributed by atoms with E-state index in [2.05, 4.69) is 21.2 Å². The molecule has 120 valence electrons. The molecular weight excluding hydrogens is 365 g/mol. The zero-order valence-electron chi connectivity index (χ0n) is 12.4. The number of nitrogens with one attached hydrogen (secondary N) is 1. The Hall–Kier alpha value is -2.21. The number of hydrogen-bond donors (Lipinski definition) is 1. The van der Waals surface area contributed by atoms with Crippen molar-refractivity contribution in [2.24, 2.45) is 0 Å². The molecule has 1 amide bonds. The van der Waals surface area contributed by atoms with E-state index in [4.69, 9.17) is 4.74 Å². The number of halogens is 2. The van der Waals surface area contributed by atoms with Crippen molar-refractivity contribution in [2.45, 2.75) is 13.3 Å². The van der Waals surface area contributed by atoms with Crippen LogP contribution in [0.2, 0.25) is 0 Å². The van der Waals surface area contributed by atoms with Crippen LogP contribution in [0.3, 0.4) is 0 Å². The second-order valence-corrected chi connectivity index (χ2v) is 5.83. The number of hydrogen-bond acceptors (Lipinski definition) is 3. The second kappa shape index (κ2) is 7.87. The molecule has 0 saturated carbocycles. The summed E-state index contributed by atoms with van der Waals surface area (Å²) in [7, 11) is 0. The Morgan fingerprint density at radius 3 is 2.70 bits per heavy atom. The summed E-state index contributed by atoms with van der Waals surface area (Å²) in [5, 5.41) is 2.64. The molecule has 0 aliphatic rings. The highest BCUT2D eigenvalue weighted by Gasteiger charge is 2.10. The zero-order chi connectivity index (χ0) is 16.8. The second-order valence-electron chi connectivity index (χ2n) is 4.98. The number of aryl methyl sites for hydroxylation is 1. The van der Waals surface area contributed by atoms with E-state index >= 15 is 0 Å². The lowest BCUT2D eigenvalue weighted by Gasteiger charge is -2.08. The zero-order valence-corrected chi connectivity index (χ0v) is 14.0. The summed E-state index contributed by atoms with van der Waals surface area (Å²) in [5.74, 6) is -1.43. The van der Waals surface area contributed by atoms with Gasteiger partial charge in [-0.3, -0.25) is 9.59 Å². The van der Waals surface area contributed by atoms with Gasteiger partial charge < -0.3 is 10.1 Å². The van der Waals surface area contributed by atoms with E-state index in [0.717, 1.165) is 10.0 Å². The molecule has 0 fully saturated rings. The van der Waals surface area contributed by atoms with Crippen LogP contribution in [-0.4, -0.2) is 18.5 Å². The molecule has 0 radical (unpaired) electrons. The number of carbonyl (C=O) groups is 2. The van der Waals surface area contributed by atoms with Crippen molar-refractivity contribution < 1.29 is 18.7 Å². The molecular formula is C17H15BrFNO3. The Morgan fingerprint density at radius 1 is 1.22 bits per heavy atom. The van der Waals surface area contributed by atoms with Crippen LogP contribution in [0.4, 0.5) is 10.1 Å². The minimum absolute atomic E-state index is 0.0809. The van der Waals surface area contributed by atoms with Gasteiger partial charge in [-0.25, -0.2) is 4.39 Å². The van der Waals surface area contributed by atoms with Crippen LogP contribution in [0.5, 0.6) is 0 Å². The molecule has 0 spiro atoms. The van der Waals surface area contributed by atoms with Crippen LogP contribution in [0, 0.1) is 12.7 Å². The van der Waals surface area contributed by atoms with Gasteiger partial charge in [0, 0.05) is 10.2 Å². The SMILES string of the molecule is Cc1cc(NC(=O)COC(=O)Cc2cccc(F)c2)ccc1Br. The van der Waals surface area contributed by atoms with Gasteiger partial charge in [0.2, 0.25) is 0 Å². The summed E-state index contributed by atoms with van der Waals surface area (Å²) >= 11 is 3.37. The van der Waals surface area contributed by atoms with E-state index in [1.807, 2.05) is 13.0 Å². The molecule has 23 heavy (non-hydrogen) atoms. The third-order valence-corrected chi connectivity index (χ3v) is 3.93. The fourth-order valence-electron chi connectivity index (χ4n) is 1.93. The number of ether oxygens (including phenoxy) is 1. The van der Waals surface area contributed by atoms with Gasteiger partial charge in [-0.05, 0) is 48.4 Å². The van der Waals surface area contributed by atoms with Crippen LogP contribution >= 0.6 is 15.9 Å². The van der Waals surface area contributed by atoms with E-state index in [-0.39, 0.29) is 13.0 Å². The Morgan fingerprint density at radius 2 is 2.00 bits per heavy atom.